The van der Waals surface area contributed by atoms with E-state index in [1.165, 1.54) is 0 Å². The molecule has 1 aliphatic heterocycles. The van der Waals surface area contributed by atoms with E-state index in [1.807, 2.05) is 62.4 Å². The summed E-state index contributed by atoms with van der Waals surface area (Å²) < 4.78 is 5.34. The Morgan fingerprint density at radius 1 is 1.08 bits per heavy atom. The number of anilines is 1. The molecule has 24 heavy (non-hydrogen) atoms. The van der Waals surface area contributed by atoms with Gasteiger partial charge in [0.05, 0.1) is 0 Å². The second-order valence-electron chi connectivity index (χ2n) is 6.16. The molecule has 3 rings (SSSR count). The molecule has 124 valence electrons. The van der Waals surface area contributed by atoms with E-state index in [-0.39, 0.29) is 12.5 Å². The summed E-state index contributed by atoms with van der Waals surface area (Å²) in [5, 5.41) is 0. The van der Waals surface area contributed by atoms with Crippen molar-refractivity contribution < 1.29 is 14.3 Å². The van der Waals surface area contributed by atoms with Crippen LogP contribution < -0.4 is 4.90 Å². The number of para-hydroxylation sites is 1. The van der Waals surface area contributed by atoms with E-state index in [4.69, 9.17) is 4.74 Å². The lowest BCUT2D eigenvalue weighted by Crippen LogP contribution is -2.32. The minimum atomic E-state index is -0.701. The third-order valence-electron chi connectivity index (χ3n) is 4.42. The van der Waals surface area contributed by atoms with E-state index >= 15 is 0 Å². The number of benzene rings is 2. The molecule has 0 aliphatic carbocycles. The first kappa shape index (κ1) is 16.2. The van der Waals surface area contributed by atoms with Gasteiger partial charge in [0.25, 0.3) is 0 Å². The maximum atomic E-state index is 12.7. The van der Waals surface area contributed by atoms with Gasteiger partial charge in [0, 0.05) is 12.2 Å². The minimum Gasteiger partial charge on any atom is -0.460 e. The molecule has 1 heterocycles. The Labute approximate surface area is 142 Å². The number of hydrogen-bond donors (Lipinski definition) is 0. The SMILES string of the molecule is Cc1cccc(C)c1N1CCC(C(=O)OCc2ccccc2)C1=O. The van der Waals surface area contributed by atoms with Gasteiger partial charge in [0.2, 0.25) is 5.91 Å². The lowest BCUT2D eigenvalue weighted by Gasteiger charge is -2.21. The molecule has 1 aliphatic rings. The number of carbonyl (C=O) groups excluding carboxylic acids is 2. The lowest BCUT2D eigenvalue weighted by molar-refractivity contribution is -0.152. The summed E-state index contributed by atoms with van der Waals surface area (Å²) in [5.41, 5.74) is 3.92. The van der Waals surface area contributed by atoms with E-state index in [0.717, 1.165) is 22.4 Å². The first-order valence-corrected chi connectivity index (χ1v) is 8.16. The summed E-state index contributed by atoms with van der Waals surface area (Å²) in [4.78, 5) is 26.7. The van der Waals surface area contributed by atoms with Crippen molar-refractivity contribution in [1.29, 1.82) is 0 Å². The molecule has 2 aromatic rings. The highest BCUT2D eigenvalue weighted by molar-refractivity contribution is 6.08. The summed E-state index contributed by atoms with van der Waals surface area (Å²) >= 11 is 0. The second-order valence-corrected chi connectivity index (χ2v) is 6.16. The summed E-state index contributed by atoms with van der Waals surface area (Å²) in [5.74, 6) is -1.30. The van der Waals surface area contributed by atoms with Crippen LogP contribution in [0.15, 0.2) is 48.5 Å². The fraction of sp³-hybridized carbons (Fsp3) is 0.300. The van der Waals surface area contributed by atoms with Gasteiger partial charge in [-0.3, -0.25) is 9.59 Å². The molecule has 0 bridgehead atoms. The molecule has 4 nitrogen and oxygen atoms in total. The molecule has 0 spiro atoms. The van der Waals surface area contributed by atoms with Crippen molar-refractivity contribution in [1.82, 2.24) is 0 Å². The zero-order valence-electron chi connectivity index (χ0n) is 14.0. The summed E-state index contributed by atoms with van der Waals surface area (Å²) in [7, 11) is 0. The van der Waals surface area contributed by atoms with Crippen molar-refractivity contribution in [3.05, 3.63) is 65.2 Å². The smallest absolute Gasteiger partial charge is 0.318 e. The van der Waals surface area contributed by atoms with Gasteiger partial charge >= 0.3 is 5.97 Å². The van der Waals surface area contributed by atoms with Gasteiger partial charge in [-0.05, 0) is 37.0 Å². The highest BCUT2D eigenvalue weighted by atomic mass is 16.5. The van der Waals surface area contributed by atoms with Crippen molar-refractivity contribution in [2.24, 2.45) is 5.92 Å². The molecule has 1 amide bonds. The van der Waals surface area contributed by atoms with Crippen LogP contribution in [0.1, 0.15) is 23.1 Å². The van der Waals surface area contributed by atoms with Gasteiger partial charge in [-0.1, -0.05) is 48.5 Å². The van der Waals surface area contributed by atoms with Crippen LogP contribution in [0, 0.1) is 19.8 Å². The number of nitrogens with zero attached hydrogens (tertiary/aromatic N) is 1. The molecule has 0 radical (unpaired) electrons. The molecule has 1 unspecified atom stereocenters. The monoisotopic (exact) mass is 323 g/mol. The maximum Gasteiger partial charge on any atom is 0.318 e. The average molecular weight is 323 g/mol. The van der Waals surface area contributed by atoms with Crippen molar-refractivity contribution in [3.63, 3.8) is 0 Å². The maximum absolute atomic E-state index is 12.7. The quantitative estimate of drug-likeness (QED) is 0.640. The third-order valence-corrected chi connectivity index (χ3v) is 4.42. The fourth-order valence-electron chi connectivity index (χ4n) is 3.18. The zero-order valence-corrected chi connectivity index (χ0v) is 14.0. The minimum absolute atomic E-state index is 0.162. The molecule has 1 saturated heterocycles. The highest BCUT2D eigenvalue weighted by Gasteiger charge is 2.39. The zero-order chi connectivity index (χ0) is 17.1. The van der Waals surface area contributed by atoms with Crippen LogP contribution in [0.5, 0.6) is 0 Å². The number of carbonyl (C=O) groups is 2. The van der Waals surface area contributed by atoms with Crippen LogP contribution in [0.4, 0.5) is 5.69 Å². The Kier molecular flexibility index (Phi) is 4.65. The standard InChI is InChI=1S/C20H21NO3/c1-14-7-6-8-15(2)18(14)21-12-11-17(19(21)22)20(23)24-13-16-9-4-3-5-10-16/h3-10,17H,11-13H2,1-2H3. The lowest BCUT2D eigenvalue weighted by atomic mass is 10.1. The van der Waals surface area contributed by atoms with Crippen LogP contribution in [0.2, 0.25) is 0 Å². The predicted octanol–water partition coefficient (Wildman–Crippen LogP) is 3.40. The van der Waals surface area contributed by atoms with Crippen LogP contribution in [0.3, 0.4) is 0 Å². The fourth-order valence-corrected chi connectivity index (χ4v) is 3.18. The first-order valence-electron chi connectivity index (χ1n) is 8.16. The highest BCUT2D eigenvalue weighted by Crippen LogP contribution is 2.31. The molecule has 0 saturated carbocycles. The normalized spacial score (nSPS) is 17.2. The van der Waals surface area contributed by atoms with Crippen molar-refractivity contribution in [2.75, 3.05) is 11.4 Å². The molecule has 1 atom stereocenters. The Balaban J connectivity index is 1.69. The molecule has 0 N–H and O–H groups in total. The second kappa shape index (κ2) is 6.87. The number of hydrogen-bond acceptors (Lipinski definition) is 3. The molecule has 0 aromatic heterocycles. The van der Waals surface area contributed by atoms with Crippen LogP contribution in [-0.2, 0) is 20.9 Å². The van der Waals surface area contributed by atoms with Gasteiger partial charge in [0.1, 0.15) is 12.5 Å². The molecular weight excluding hydrogens is 302 g/mol. The van der Waals surface area contributed by atoms with Crippen LogP contribution in [0.25, 0.3) is 0 Å². The number of esters is 1. The van der Waals surface area contributed by atoms with Gasteiger partial charge in [-0.15, -0.1) is 0 Å². The van der Waals surface area contributed by atoms with E-state index in [1.54, 1.807) is 4.90 Å². The van der Waals surface area contributed by atoms with E-state index < -0.39 is 11.9 Å². The van der Waals surface area contributed by atoms with E-state index in [9.17, 15) is 9.59 Å². The van der Waals surface area contributed by atoms with Gasteiger partial charge < -0.3 is 9.64 Å². The Morgan fingerprint density at radius 3 is 2.42 bits per heavy atom. The van der Waals surface area contributed by atoms with Crippen molar-refractivity contribution >= 4 is 17.6 Å². The van der Waals surface area contributed by atoms with E-state index in [0.29, 0.717) is 13.0 Å². The Bertz CT molecular complexity index is 734. The number of amides is 1. The molecule has 1 fully saturated rings. The predicted molar refractivity (Wildman–Crippen MR) is 92.6 cm³/mol. The number of ether oxygens (including phenoxy) is 1. The van der Waals surface area contributed by atoms with E-state index in [2.05, 4.69) is 0 Å². The number of aryl methyl sites for hydroxylation is 2. The summed E-state index contributed by atoms with van der Waals surface area (Å²) in [6.07, 6.45) is 0.500. The molecule has 4 heteroatoms. The third kappa shape index (κ3) is 3.18. The van der Waals surface area contributed by atoms with Crippen molar-refractivity contribution in [3.8, 4) is 0 Å². The Hall–Kier alpha value is -2.62. The molecular formula is C20H21NO3. The van der Waals surface area contributed by atoms with Gasteiger partial charge in [0.15, 0.2) is 0 Å². The van der Waals surface area contributed by atoms with Gasteiger partial charge in [-0.2, -0.15) is 0 Å². The number of rotatable bonds is 4. The van der Waals surface area contributed by atoms with Gasteiger partial charge in [-0.25, -0.2) is 0 Å². The Morgan fingerprint density at radius 2 is 1.75 bits per heavy atom. The summed E-state index contributed by atoms with van der Waals surface area (Å²) in [6.45, 7) is 4.72. The molecule has 2 aromatic carbocycles. The van der Waals surface area contributed by atoms with Crippen LogP contribution >= 0.6 is 0 Å². The topological polar surface area (TPSA) is 46.6 Å². The average Bonchev–Trinajstić information content (AvgIpc) is 2.95. The summed E-state index contributed by atoms with van der Waals surface area (Å²) in [6, 6.07) is 15.4. The first-order chi connectivity index (χ1) is 11.6. The van der Waals surface area contributed by atoms with Crippen LogP contribution in [-0.4, -0.2) is 18.4 Å². The largest absolute Gasteiger partial charge is 0.460 e. The van der Waals surface area contributed by atoms with Crippen molar-refractivity contribution in [2.45, 2.75) is 26.9 Å².